The van der Waals surface area contributed by atoms with E-state index in [4.69, 9.17) is 23.6 Å². The van der Waals surface area contributed by atoms with Crippen LogP contribution >= 0.6 is 34.9 Å². The van der Waals surface area contributed by atoms with Gasteiger partial charge in [-0.05, 0) is 35.9 Å². The maximum Gasteiger partial charge on any atom is 0.117 e. The van der Waals surface area contributed by atoms with Crippen LogP contribution in [0.5, 0.6) is 0 Å². The van der Waals surface area contributed by atoms with Gasteiger partial charge in [-0.2, -0.15) is 3.94 Å². The lowest BCUT2D eigenvalue weighted by atomic mass is 10.2. The molecular formula is C15H10Cl2N2S. The Bertz CT molecular complexity index is 715. The highest BCUT2D eigenvalue weighted by Crippen LogP contribution is 2.24. The second kappa shape index (κ2) is 5.83. The lowest BCUT2D eigenvalue weighted by Crippen LogP contribution is -1.90. The van der Waals surface area contributed by atoms with Gasteiger partial charge in [-0.25, -0.2) is 4.98 Å². The van der Waals surface area contributed by atoms with Crippen LogP contribution in [0.25, 0.3) is 22.4 Å². The molecule has 1 aromatic heterocycles. The van der Waals surface area contributed by atoms with Crippen molar-refractivity contribution in [3.8, 4) is 0 Å². The van der Waals surface area contributed by atoms with E-state index >= 15 is 0 Å². The normalized spacial score (nSPS) is 11.3. The number of thiazole rings is 1. The lowest BCUT2D eigenvalue weighted by Gasteiger charge is -2.04. The van der Waals surface area contributed by atoms with Gasteiger partial charge in [0.15, 0.2) is 0 Å². The zero-order chi connectivity index (χ0) is 13.9. The van der Waals surface area contributed by atoms with Crippen LogP contribution in [0, 0.1) is 0 Å². The summed E-state index contributed by atoms with van der Waals surface area (Å²) >= 11 is 13.0. The van der Waals surface area contributed by atoms with Gasteiger partial charge in [-0.1, -0.05) is 30.3 Å². The van der Waals surface area contributed by atoms with Gasteiger partial charge in [-0.15, -0.1) is 11.3 Å². The molecule has 0 spiro atoms. The topological polar surface area (TPSA) is 16.1 Å². The maximum atomic E-state index is 5.65. The van der Waals surface area contributed by atoms with Crippen molar-refractivity contribution in [3.05, 3.63) is 59.1 Å². The molecule has 3 rings (SSSR count). The molecule has 20 heavy (non-hydrogen) atoms. The van der Waals surface area contributed by atoms with E-state index in [1.807, 2.05) is 54.6 Å². The maximum absolute atomic E-state index is 5.65. The quantitative estimate of drug-likeness (QED) is 0.585. The number of nitrogens with zero attached hydrogens (tertiary/aromatic N) is 2. The molecule has 5 heteroatoms. The third-order valence-electron chi connectivity index (χ3n) is 2.82. The fourth-order valence-corrected chi connectivity index (χ4v) is 2.92. The first-order valence-electron chi connectivity index (χ1n) is 5.98. The largest absolute Gasteiger partial charge is 0.237 e. The number of aromatic nitrogens is 1. The van der Waals surface area contributed by atoms with Crippen LogP contribution in [0.4, 0.5) is 5.69 Å². The third kappa shape index (κ3) is 2.96. The summed E-state index contributed by atoms with van der Waals surface area (Å²) in [5.41, 5.74) is 2.85. The molecule has 2 aromatic carbocycles. The van der Waals surface area contributed by atoms with Crippen LogP contribution in [0.2, 0.25) is 0 Å². The van der Waals surface area contributed by atoms with E-state index in [1.54, 1.807) is 11.3 Å². The summed E-state index contributed by atoms with van der Waals surface area (Å²) < 4.78 is 2.24. The predicted octanol–water partition coefficient (Wildman–Crippen LogP) is 5.58. The average molecular weight is 321 g/mol. The molecule has 0 aliphatic heterocycles. The summed E-state index contributed by atoms with van der Waals surface area (Å²) in [6, 6.07) is 15.8. The zero-order valence-electron chi connectivity index (χ0n) is 10.3. The minimum Gasteiger partial charge on any atom is -0.237 e. The average Bonchev–Trinajstić information content (AvgIpc) is 2.88. The van der Waals surface area contributed by atoms with Gasteiger partial charge in [0, 0.05) is 23.6 Å². The molecular weight excluding hydrogens is 311 g/mol. The number of hydrogen-bond donors (Lipinski definition) is 0. The van der Waals surface area contributed by atoms with Crippen LogP contribution in [0.1, 0.15) is 10.6 Å². The van der Waals surface area contributed by atoms with Gasteiger partial charge in [-0.3, -0.25) is 0 Å². The highest BCUT2D eigenvalue weighted by molar-refractivity contribution is 7.19. The lowest BCUT2D eigenvalue weighted by molar-refractivity contribution is 1.46. The first-order chi connectivity index (χ1) is 9.72. The first kappa shape index (κ1) is 13.4. The highest BCUT2D eigenvalue weighted by atomic mass is 35.5. The van der Waals surface area contributed by atoms with Gasteiger partial charge in [0.2, 0.25) is 0 Å². The van der Waals surface area contributed by atoms with Gasteiger partial charge in [0.25, 0.3) is 0 Å². The Morgan fingerprint density at radius 1 is 0.950 bits per heavy atom. The fourth-order valence-electron chi connectivity index (χ4n) is 1.83. The number of halogens is 2. The first-order valence-corrected chi connectivity index (χ1v) is 7.47. The van der Waals surface area contributed by atoms with Crippen LogP contribution in [-0.2, 0) is 0 Å². The molecule has 0 saturated heterocycles. The van der Waals surface area contributed by atoms with Crippen LogP contribution in [0.15, 0.2) is 48.5 Å². The molecule has 0 N–H and O–H groups in total. The van der Waals surface area contributed by atoms with Crippen LogP contribution in [0.3, 0.4) is 0 Å². The SMILES string of the molecule is ClN(Cl)c1ccc(/C=C/c2nc3ccccc3s2)cc1. The molecule has 0 aliphatic carbocycles. The smallest absolute Gasteiger partial charge is 0.117 e. The second-order valence-corrected chi connectivity index (χ2v) is 6.09. The van der Waals surface area contributed by atoms with E-state index < -0.39 is 0 Å². The molecule has 0 saturated carbocycles. The van der Waals surface area contributed by atoms with E-state index in [0.717, 1.165) is 25.7 Å². The molecule has 0 amide bonds. The van der Waals surface area contributed by atoms with Gasteiger partial charge < -0.3 is 0 Å². The Labute approximate surface area is 131 Å². The molecule has 0 radical (unpaired) electrons. The van der Waals surface area contributed by atoms with E-state index in [-0.39, 0.29) is 0 Å². The second-order valence-electron chi connectivity index (χ2n) is 4.18. The van der Waals surface area contributed by atoms with E-state index in [1.165, 1.54) is 4.70 Å². The number of para-hydroxylation sites is 1. The highest BCUT2D eigenvalue weighted by Gasteiger charge is 2.00. The molecule has 2 nitrogen and oxygen atoms in total. The van der Waals surface area contributed by atoms with Crippen molar-refractivity contribution >= 4 is 62.9 Å². The zero-order valence-corrected chi connectivity index (χ0v) is 12.7. The van der Waals surface area contributed by atoms with Gasteiger partial charge in [0.1, 0.15) is 5.01 Å². The molecule has 0 fully saturated rings. The van der Waals surface area contributed by atoms with Crippen molar-refractivity contribution in [1.29, 1.82) is 0 Å². The van der Waals surface area contributed by atoms with Crippen molar-refractivity contribution in [2.45, 2.75) is 0 Å². The van der Waals surface area contributed by atoms with E-state index in [9.17, 15) is 0 Å². The number of hydrogen-bond acceptors (Lipinski definition) is 3. The van der Waals surface area contributed by atoms with E-state index in [0.29, 0.717) is 0 Å². The molecule has 100 valence electrons. The van der Waals surface area contributed by atoms with Crippen LogP contribution in [-0.4, -0.2) is 4.98 Å². The number of rotatable bonds is 3. The molecule has 0 unspecified atom stereocenters. The Hall–Kier alpha value is -1.55. The number of benzene rings is 2. The summed E-state index contributed by atoms with van der Waals surface area (Å²) in [7, 11) is 0. The minimum absolute atomic E-state index is 0.741. The standard InChI is InChI=1S/C15H10Cl2N2S/c16-19(17)12-8-5-11(6-9-12)7-10-15-18-13-3-1-2-4-14(13)20-15/h1-10H/b10-7+. The molecule has 0 atom stereocenters. The third-order valence-corrected chi connectivity index (χ3v) is 4.21. The number of fused-ring (bicyclic) bond motifs is 1. The van der Waals surface area contributed by atoms with Crippen molar-refractivity contribution in [2.24, 2.45) is 0 Å². The van der Waals surface area contributed by atoms with Crippen molar-refractivity contribution in [2.75, 3.05) is 3.94 Å². The van der Waals surface area contributed by atoms with Crippen molar-refractivity contribution in [1.82, 2.24) is 4.98 Å². The Balaban J connectivity index is 1.82. The Morgan fingerprint density at radius 2 is 1.70 bits per heavy atom. The number of anilines is 1. The molecule has 1 heterocycles. The minimum atomic E-state index is 0.741. The molecule has 3 aromatic rings. The molecule has 0 aliphatic rings. The summed E-state index contributed by atoms with van der Waals surface area (Å²) in [4.78, 5) is 4.55. The fraction of sp³-hybridized carbons (Fsp3) is 0. The van der Waals surface area contributed by atoms with Crippen molar-refractivity contribution < 1.29 is 0 Å². The van der Waals surface area contributed by atoms with Crippen molar-refractivity contribution in [3.63, 3.8) is 0 Å². The Morgan fingerprint density at radius 3 is 2.40 bits per heavy atom. The van der Waals surface area contributed by atoms with Gasteiger partial charge in [0.05, 0.1) is 15.9 Å². The summed E-state index contributed by atoms with van der Waals surface area (Å²) in [5.74, 6) is 0. The monoisotopic (exact) mass is 320 g/mol. The summed E-state index contributed by atoms with van der Waals surface area (Å²) in [5, 5.41) is 0.992. The summed E-state index contributed by atoms with van der Waals surface area (Å²) in [6.45, 7) is 0. The Kier molecular flexibility index (Phi) is 3.92. The van der Waals surface area contributed by atoms with E-state index in [2.05, 4.69) is 11.1 Å². The summed E-state index contributed by atoms with van der Waals surface area (Å²) in [6.07, 6.45) is 4.03. The van der Waals surface area contributed by atoms with Gasteiger partial charge >= 0.3 is 0 Å². The predicted molar refractivity (Wildman–Crippen MR) is 89.2 cm³/mol. The van der Waals surface area contributed by atoms with Crippen LogP contribution < -0.4 is 3.94 Å². The molecule has 0 bridgehead atoms.